The second-order valence-corrected chi connectivity index (χ2v) is 3.88. The first-order valence-electron chi connectivity index (χ1n) is 4.56. The van der Waals surface area contributed by atoms with Crippen LogP contribution in [0.5, 0.6) is 0 Å². The molecule has 0 saturated heterocycles. The Morgan fingerprint density at radius 3 is 2.60 bits per heavy atom. The van der Waals surface area contributed by atoms with Crippen LogP contribution in [0.4, 0.5) is 0 Å². The summed E-state index contributed by atoms with van der Waals surface area (Å²) in [5, 5.41) is 0. The molecule has 1 aromatic heterocycles. The number of likely N-dealkylation sites (N-methyl/N-ethyl adjacent to an activating group) is 1. The van der Waals surface area contributed by atoms with Crippen LogP contribution in [-0.4, -0.2) is 28.9 Å². The molecule has 0 aliphatic heterocycles. The van der Waals surface area contributed by atoms with Crippen molar-refractivity contribution in [2.75, 3.05) is 7.05 Å². The molecule has 1 heterocycles. The maximum absolute atomic E-state index is 11.8. The minimum Gasteiger partial charge on any atom is -0.456 e. The van der Waals surface area contributed by atoms with Crippen LogP contribution < -0.4 is 5.73 Å². The van der Waals surface area contributed by atoms with E-state index in [0.717, 1.165) is 0 Å². The number of aryl methyl sites for hydroxylation is 1. The van der Waals surface area contributed by atoms with Crippen molar-refractivity contribution < 1.29 is 9.21 Å². The van der Waals surface area contributed by atoms with Gasteiger partial charge in [-0.3, -0.25) is 4.79 Å². The Bertz CT molecular complexity index is 387. The molecule has 15 heavy (non-hydrogen) atoms. The van der Waals surface area contributed by atoms with Gasteiger partial charge in [0.15, 0.2) is 5.76 Å². The third-order valence-electron chi connectivity index (χ3n) is 2.26. The van der Waals surface area contributed by atoms with E-state index in [1.807, 2.05) is 0 Å². The van der Waals surface area contributed by atoms with Gasteiger partial charge in [-0.2, -0.15) is 0 Å². The van der Waals surface area contributed by atoms with Gasteiger partial charge in [0.25, 0.3) is 5.91 Å². The van der Waals surface area contributed by atoms with Gasteiger partial charge < -0.3 is 15.1 Å². The van der Waals surface area contributed by atoms with Crippen molar-refractivity contribution >= 4 is 23.1 Å². The molecular formula is C10H14N2O2S. The first-order chi connectivity index (χ1) is 6.93. The monoisotopic (exact) mass is 226 g/mol. The Labute approximate surface area is 94.0 Å². The number of hydrogen-bond acceptors (Lipinski definition) is 3. The van der Waals surface area contributed by atoms with E-state index in [1.165, 1.54) is 4.90 Å². The highest BCUT2D eigenvalue weighted by Gasteiger charge is 2.21. The van der Waals surface area contributed by atoms with Crippen LogP contribution in [-0.2, 0) is 0 Å². The highest BCUT2D eigenvalue weighted by Crippen LogP contribution is 2.10. The average molecular weight is 226 g/mol. The molecule has 0 aliphatic rings. The number of carbonyl (C=O) groups is 1. The molecule has 1 unspecified atom stereocenters. The fraction of sp³-hybridized carbons (Fsp3) is 0.400. The molecule has 5 heteroatoms. The van der Waals surface area contributed by atoms with Gasteiger partial charge in [0.05, 0.1) is 11.0 Å². The molecule has 0 saturated carbocycles. The average Bonchev–Trinajstić information content (AvgIpc) is 2.61. The minimum atomic E-state index is -0.280. The number of thiocarbonyl (C=S) groups is 1. The summed E-state index contributed by atoms with van der Waals surface area (Å²) in [5.41, 5.74) is 5.46. The lowest BCUT2D eigenvalue weighted by atomic mass is 10.3. The number of nitrogens with zero attached hydrogens (tertiary/aromatic N) is 1. The number of amides is 1. The van der Waals surface area contributed by atoms with Crippen molar-refractivity contribution in [3.05, 3.63) is 23.7 Å². The fourth-order valence-electron chi connectivity index (χ4n) is 1.09. The van der Waals surface area contributed by atoms with Crippen molar-refractivity contribution in [3.63, 3.8) is 0 Å². The number of hydrogen-bond donors (Lipinski definition) is 1. The molecule has 0 fully saturated rings. The van der Waals surface area contributed by atoms with Crippen molar-refractivity contribution in [1.82, 2.24) is 4.90 Å². The molecule has 0 radical (unpaired) electrons. The Balaban J connectivity index is 2.81. The van der Waals surface area contributed by atoms with Crippen molar-refractivity contribution in [3.8, 4) is 0 Å². The molecule has 4 nitrogen and oxygen atoms in total. The first kappa shape index (κ1) is 11.7. The molecule has 0 bridgehead atoms. The van der Waals surface area contributed by atoms with Crippen LogP contribution >= 0.6 is 12.2 Å². The van der Waals surface area contributed by atoms with Gasteiger partial charge in [-0.1, -0.05) is 12.2 Å². The van der Waals surface area contributed by atoms with Gasteiger partial charge in [-0.05, 0) is 26.0 Å². The van der Waals surface area contributed by atoms with Crippen LogP contribution in [0, 0.1) is 6.92 Å². The third-order valence-corrected chi connectivity index (χ3v) is 2.61. The molecule has 0 aromatic carbocycles. The van der Waals surface area contributed by atoms with E-state index in [0.29, 0.717) is 11.5 Å². The lowest BCUT2D eigenvalue weighted by Gasteiger charge is -2.22. The van der Waals surface area contributed by atoms with Gasteiger partial charge >= 0.3 is 0 Å². The van der Waals surface area contributed by atoms with Gasteiger partial charge in [-0.15, -0.1) is 0 Å². The summed E-state index contributed by atoms with van der Waals surface area (Å²) in [4.78, 5) is 13.6. The van der Waals surface area contributed by atoms with E-state index in [1.54, 1.807) is 33.0 Å². The maximum atomic E-state index is 11.8. The van der Waals surface area contributed by atoms with Crippen LogP contribution in [0.1, 0.15) is 23.2 Å². The summed E-state index contributed by atoms with van der Waals surface area (Å²) in [7, 11) is 1.64. The second-order valence-electron chi connectivity index (χ2n) is 3.40. The van der Waals surface area contributed by atoms with Crippen LogP contribution in [0.15, 0.2) is 16.5 Å². The second kappa shape index (κ2) is 4.44. The molecule has 0 aliphatic carbocycles. The summed E-state index contributed by atoms with van der Waals surface area (Å²) >= 11 is 4.82. The van der Waals surface area contributed by atoms with E-state index >= 15 is 0 Å². The maximum Gasteiger partial charge on any atom is 0.289 e. The Morgan fingerprint density at radius 1 is 1.60 bits per heavy atom. The summed E-state index contributed by atoms with van der Waals surface area (Å²) < 4.78 is 5.22. The third kappa shape index (κ3) is 2.56. The normalized spacial score (nSPS) is 12.2. The molecule has 0 spiro atoms. The van der Waals surface area contributed by atoms with Crippen LogP contribution in [0.3, 0.4) is 0 Å². The highest BCUT2D eigenvalue weighted by molar-refractivity contribution is 7.80. The lowest BCUT2D eigenvalue weighted by molar-refractivity contribution is 0.0746. The lowest BCUT2D eigenvalue weighted by Crippen LogP contribution is -2.42. The van der Waals surface area contributed by atoms with Crippen molar-refractivity contribution in [1.29, 1.82) is 0 Å². The largest absolute Gasteiger partial charge is 0.456 e. The van der Waals surface area contributed by atoms with E-state index < -0.39 is 0 Å². The number of furan rings is 1. The molecule has 1 rings (SSSR count). The van der Waals surface area contributed by atoms with Gasteiger partial charge in [-0.25, -0.2) is 0 Å². The zero-order chi connectivity index (χ0) is 11.6. The van der Waals surface area contributed by atoms with E-state index in [-0.39, 0.29) is 16.9 Å². The SMILES string of the molecule is Cc1ccc(C(=O)N(C)C(C)C(N)=S)o1. The van der Waals surface area contributed by atoms with Crippen LogP contribution in [0.2, 0.25) is 0 Å². The zero-order valence-electron chi connectivity index (χ0n) is 8.98. The Morgan fingerprint density at radius 2 is 2.20 bits per heavy atom. The van der Waals surface area contributed by atoms with Crippen molar-refractivity contribution in [2.45, 2.75) is 19.9 Å². The summed E-state index contributed by atoms with van der Waals surface area (Å²) in [5.74, 6) is 0.788. The van der Waals surface area contributed by atoms with Gasteiger partial charge in [0, 0.05) is 7.05 Å². The van der Waals surface area contributed by atoms with Crippen molar-refractivity contribution in [2.24, 2.45) is 5.73 Å². The summed E-state index contributed by atoms with van der Waals surface area (Å²) in [6, 6.07) is 3.10. The minimum absolute atomic E-state index is 0.219. The standard InChI is InChI=1S/C10H14N2O2S/c1-6-4-5-8(14-6)10(13)12(3)7(2)9(11)15/h4-5,7H,1-3H3,(H2,11,15). The Kier molecular flexibility index (Phi) is 3.47. The molecule has 82 valence electrons. The van der Waals surface area contributed by atoms with E-state index in [9.17, 15) is 4.79 Å². The number of nitrogens with two attached hydrogens (primary N) is 1. The smallest absolute Gasteiger partial charge is 0.289 e. The number of carbonyl (C=O) groups excluding carboxylic acids is 1. The van der Waals surface area contributed by atoms with E-state index in [4.69, 9.17) is 22.4 Å². The summed E-state index contributed by atoms with van der Waals surface area (Å²) in [6.07, 6.45) is 0. The molecule has 1 amide bonds. The predicted molar refractivity (Wildman–Crippen MR) is 61.8 cm³/mol. The Hall–Kier alpha value is -1.36. The fourth-order valence-corrected chi connectivity index (χ4v) is 1.25. The highest BCUT2D eigenvalue weighted by atomic mass is 32.1. The zero-order valence-corrected chi connectivity index (χ0v) is 9.80. The van der Waals surface area contributed by atoms with Crippen LogP contribution in [0.25, 0.3) is 0 Å². The predicted octanol–water partition coefficient (Wildman–Crippen LogP) is 1.33. The quantitative estimate of drug-likeness (QED) is 0.790. The number of rotatable bonds is 3. The van der Waals surface area contributed by atoms with Gasteiger partial charge in [0.1, 0.15) is 5.76 Å². The topological polar surface area (TPSA) is 59.5 Å². The molecule has 1 atom stereocenters. The molecular weight excluding hydrogens is 212 g/mol. The first-order valence-corrected chi connectivity index (χ1v) is 4.97. The van der Waals surface area contributed by atoms with E-state index in [2.05, 4.69) is 0 Å². The molecule has 1 aromatic rings. The summed E-state index contributed by atoms with van der Waals surface area (Å²) in [6.45, 7) is 3.56. The van der Waals surface area contributed by atoms with Gasteiger partial charge in [0.2, 0.25) is 0 Å². The molecule has 2 N–H and O–H groups in total.